The lowest BCUT2D eigenvalue weighted by atomic mass is 10.2. The number of carbonyl (C=O) groups is 2. The van der Waals surface area contributed by atoms with E-state index in [4.69, 9.17) is 16.2 Å². The number of nitrogens with one attached hydrogen (secondary N) is 1. The number of unbranched alkanes of at least 4 members (excludes halogenated alkanes) is 1. The van der Waals surface area contributed by atoms with Crippen molar-refractivity contribution in [1.29, 1.82) is 0 Å². The number of amidine groups is 1. The first kappa shape index (κ1) is 23.8. The molecule has 1 fully saturated rings. The lowest BCUT2D eigenvalue weighted by molar-refractivity contribution is -0.132. The molecule has 0 bridgehead atoms. The third-order valence-corrected chi connectivity index (χ3v) is 4.12. The first-order chi connectivity index (χ1) is 13.4. The molecular formula is C19H27FN4O3S. The van der Waals surface area contributed by atoms with Crippen LogP contribution in [-0.2, 0) is 9.59 Å². The molecule has 0 spiro atoms. The molecule has 1 saturated heterocycles. The quantitative estimate of drug-likeness (QED) is 0.275. The van der Waals surface area contributed by atoms with Crippen molar-refractivity contribution in [2.45, 2.75) is 33.1 Å². The van der Waals surface area contributed by atoms with Gasteiger partial charge in [-0.25, -0.2) is 4.39 Å². The number of ether oxygens (including phenoxy) is 1. The minimum absolute atomic E-state index is 0.00434. The smallest absolute Gasteiger partial charge is 0.325 e. The van der Waals surface area contributed by atoms with Gasteiger partial charge in [-0.2, -0.15) is 0 Å². The number of nitrogens with two attached hydrogens (primary N) is 2. The summed E-state index contributed by atoms with van der Waals surface area (Å²) in [6.45, 7) is 5.09. The van der Waals surface area contributed by atoms with Crippen molar-refractivity contribution in [2.75, 3.05) is 19.6 Å². The number of halogens is 1. The third kappa shape index (κ3) is 8.20. The van der Waals surface area contributed by atoms with E-state index in [0.29, 0.717) is 28.7 Å². The van der Waals surface area contributed by atoms with Crippen molar-refractivity contribution in [3.63, 3.8) is 0 Å². The number of hydrogen-bond donors (Lipinski definition) is 3. The number of thioether (sulfide) groups is 1. The Morgan fingerprint density at radius 2 is 2.04 bits per heavy atom. The number of rotatable bonds is 7. The Labute approximate surface area is 168 Å². The van der Waals surface area contributed by atoms with Gasteiger partial charge in [0.05, 0.1) is 11.4 Å². The molecule has 1 heterocycles. The molecular weight excluding hydrogens is 383 g/mol. The first-order valence-corrected chi connectivity index (χ1v) is 9.92. The second-order valence-electron chi connectivity index (χ2n) is 5.81. The molecule has 5 N–H and O–H groups in total. The van der Waals surface area contributed by atoms with Gasteiger partial charge in [0.25, 0.3) is 5.91 Å². The molecule has 7 nitrogen and oxygen atoms in total. The molecule has 0 aromatic heterocycles. The summed E-state index contributed by atoms with van der Waals surface area (Å²) in [5.41, 5.74) is 11.0. The Bertz CT molecular complexity index is 738. The van der Waals surface area contributed by atoms with Crippen LogP contribution in [-0.4, -0.2) is 36.7 Å². The maximum Gasteiger partial charge on any atom is 0.325 e. The van der Waals surface area contributed by atoms with Crippen molar-refractivity contribution in [3.8, 4) is 5.75 Å². The summed E-state index contributed by atoms with van der Waals surface area (Å²) in [6, 6.07) is 3.70. The molecule has 0 atom stereocenters. The van der Waals surface area contributed by atoms with Crippen LogP contribution < -0.4 is 21.5 Å². The highest BCUT2D eigenvalue weighted by atomic mass is 32.2. The van der Waals surface area contributed by atoms with Crippen LogP contribution in [0.4, 0.5) is 4.39 Å². The Morgan fingerprint density at radius 3 is 2.68 bits per heavy atom. The molecule has 28 heavy (non-hydrogen) atoms. The topological polar surface area (TPSA) is 120 Å². The number of hydrogen-bond acceptors (Lipinski definition) is 7. The van der Waals surface area contributed by atoms with Crippen molar-refractivity contribution < 1.29 is 18.7 Å². The normalized spacial score (nSPS) is 16.0. The molecule has 9 heteroatoms. The standard InChI is InChI=1S/C16H19FN4O3S.C3H8/c17-11-4-3-10(12(8-11)24-14(22)9-19)7-13-15(23)21-16(25-13)20-6-2-1-5-18;1-3-2/h3-4,7-8H,1-2,5-6,9,18-19H2,(H,20,21,23);3H2,1-2H3/b13-7+;. The van der Waals surface area contributed by atoms with E-state index in [9.17, 15) is 14.0 Å². The molecule has 1 aliphatic heterocycles. The van der Waals surface area contributed by atoms with E-state index in [1.165, 1.54) is 36.4 Å². The van der Waals surface area contributed by atoms with Crippen LogP contribution >= 0.6 is 11.8 Å². The lowest BCUT2D eigenvalue weighted by Gasteiger charge is -2.07. The maximum atomic E-state index is 13.4. The highest BCUT2D eigenvalue weighted by Gasteiger charge is 2.24. The first-order valence-electron chi connectivity index (χ1n) is 9.10. The van der Waals surface area contributed by atoms with E-state index in [1.807, 2.05) is 0 Å². The van der Waals surface area contributed by atoms with Crippen LogP contribution in [0.2, 0.25) is 0 Å². The fourth-order valence-corrected chi connectivity index (χ4v) is 2.80. The van der Waals surface area contributed by atoms with Crippen molar-refractivity contribution in [1.82, 2.24) is 5.32 Å². The highest BCUT2D eigenvalue weighted by Crippen LogP contribution is 2.30. The third-order valence-electron chi connectivity index (χ3n) is 3.17. The summed E-state index contributed by atoms with van der Waals surface area (Å²) < 4.78 is 18.4. The molecule has 1 aromatic carbocycles. The van der Waals surface area contributed by atoms with Crippen LogP contribution in [0, 0.1) is 5.82 Å². The van der Waals surface area contributed by atoms with Gasteiger partial charge in [0.2, 0.25) is 0 Å². The van der Waals surface area contributed by atoms with Gasteiger partial charge < -0.3 is 21.5 Å². The van der Waals surface area contributed by atoms with Gasteiger partial charge in [0.1, 0.15) is 11.6 Å². The number of carbonyl (C=O) groups excluding carboxylic acids is 2. The van der Waals surface area contributed by atoms with Gasteiger partial charge in [-0.3, -0.25) is 14.6 Å². The molecule has 0 aliphatic carbocycles. The fraction of sp³-hybridized carbons (Fsp3) is 0.421. The predicted molar refractivity (Wildman–Crippen MR) is 111 cm³/mol. The van der Waals surface area contributed by atoms with Crippen LogP contribution in [0.25, 0.3) is 6.08 Å². The zero-order valence-electron chi connectivity index (χ0n) is 16.2. The molecule has 1 amide bonds. The van der Waals surface area contributed by atoms with Gasteiger partial charge in [0.15, 0.2) is 5.17 Å². The minimum Gasteiger partial charge on any atom is -0.425 e. The zero-order chi connectivity index (χ0) is 20.9. The van der Waals surface area contributed by atoms with E-state index in [2.05, 4.69) is 24.2 Å². The fourth-order valence-electron chi connectivity index (χ4n) is 1.96. The molecule has 0 unspecified atom stereocenters. The van der Waals surface area contributed by atoms with E-state index in [1.54, 1.807) is 0 Å². The summed E-state index contributed by atoms with van der Waals surface area (Å²) in [5, 5.41) is 3.15. The Morgan fingerprint density at radius 1 is 1.32 bits per heavy atom. The zero-order valence-corrected chi connectivity index (χ0v) is 17.0. The highest BCUT2D eigenvalue weighted by molar-refractivity contribution is 8.18. The molecule has 154 valence electrons. The van der Waals surface area contributed by atoms with Crippen LogP contribution in [0.1, 0.15) is 38.7 Å². The van der Waals surface area contributed by atoms with Gasteiger partial charge in [-0.15, -0.1) is 0 Å². The van der Waals surface area contributed by atoms with Gasteiger partial charge in [-0.1, -0.05) is 20.3 Å². The summed E-state index contributed by atoms with van der Waals surface area (Å²) >= 11 is 1.17. The van der Waals surface area contributed by atoms with E-state index >= 15 is 0 Å². The predicted octanol–water partition coefficient (Wildman–Crippen LogP) is 2.40. The average Bonchev–Trinajstić information content (AvgIpc) is 3.01. The number of benzene rings is 1. The van der Waals surface area contributed by atoms with Crippen molar-refractivity contribution in [2.24, 2.45) is 16.5 Å². The lowest BCUT2D eigenvalue weighted by Crippen LogP contribution is -2.20. The van der Waals surface area contributed by atoms with Gasteiger partial charge in [-0.05, 0) is 49.4 Å². The van der Waals surface area contributed by atoms with Gasteiger partial charge >= 0.3 is 5.97 Å². The molecule has 1 aromatic rings. The molecule has 1 aliphatic rings. The second kappa shape index (κ2) is 13.0. The van der Waals surface area contributed by atoms with Gasteiger partial charge in [0, 0.05) is 18.2 Å². The van der Waals surface area contributed by atoms with Crippen molar-refractivity contribution in [3.05, 3.63) is 34.5 Å². The number of aliphatic imine (C=N–C) groups is 1. The summed E-state index contributed by atoms with van der Waals surface area (Å²) in [5.74, 6) is -1.57. The molecule has 0 radical (unpaired) electrons. The van der Waals surface area contributed by atoms with E-state index in [-0.39, 0.29) is 18.2 Å². The van der Waals surface area contributed by atoms with E-state index < -0.39 is 11.8 Å². The molecule has 2 rings (SSSR count). The number of esters is 1. The summed E-state index contributed by atoms with van der Waals surface area (Å²) in [7, 11) is 0. The summed E-state index contributed by atoms with van der Waals surface area (Å²) in [4.78, 5) is 28.1. The number of nitrogens with zero attached hydrogens (tertiary/aromatic N) is 1. The summed E-state index contributed by atoms with van der Waals surface area (Å²) in [6.07, 6.45) is 4.47. The molecule has 0 saturated carbocycles. The second-order valence-corrected chi connectivity index (χ2v) is 6.85. The Balaban J connectivity index is 0.00000122. The van der Waals surface area contributed by atoms with Crippen molar-refractivity contribution >= 4 is 34.9 Å². The number of amides is 1. The van der Waals surface area contributed by atoms with E-state index in [0.717, 1.165) is 18.9 Å². The maximum absolute atomic E-state index is 13.4. The Kier molecular flexibility index (Phi) is 11.1. The monoisotopic (exact) mass is 410 g/mol. The van der Waals surface area contributed by atoms with Crippen LogP contribution in [0.5, 0.6) is 5.75 Å². The largest absolute Gasteiger partial charge is 0.425 e. The van der Waals surface area contributed by atoms with Crippen LogP contribution in [0.15, 0.2) is 28.1 Å². The van der Waals surface area contributed by atoms with Crippen LogP contribution in [0.3, 0.4) is 0 Å². The SMILES string of the molecule is CCC.NCCCCN=C1NC(=O)/C(=C\c2ccc(F)cc2OC(=O)CN)S1. The average molecular weight is 411 g/mol. The Hall–Kier alpha value is -2.23. The minimum atomic E-state index is -0.698.